The maximum absolute atomic E-state index is 13.1. The molecule has 2 aromatic rings. The van der Waals surface area contributed by atoms with Crippen molar-refractivity contribution in [2.24, 2.45) is 0 Å². The number of hydrogen-bond donors (Lipinski definition) is 1. The molecule has 0 radical (unpaired) electrons. The molecular weight excluding hydrogens is 274 g/mol. The summed E-state index contributed by atoms with van der Waals surface area (Å²) in [4.78, 5) is 3.43. The maximum atomic E-state index is 13.1. The van der Waals surface area contributed by atoms with Crippen molar-refractivity contribution in [3.05, 3.63) is 53.9 Å². The fourth-order valence-corrected chi connectivity index (χ4v) is 2.58. The molecule has 7 heteroatoms. The number of nitrogens with one attached hydrogen (secondary N) is 1. The lowest BCUT2D eigenvalue weighted by molar-refractivity contribution is 0.598. The van der Waals surface area contributed by atoms with Gasteiger partial charge in [0.25, 0.3) is 10.0 Å². The molecule has 1 aromatic carbocycles. The van der Waals surface area contributed by atoms with Crippen LogP contribution in [0.2, 0.25) is 0 Å². The van der Waals surface area contributed by atoms with E-state index in [1.54, 1.807) is 0 Å². The van der Waals surface area contributed by atoms with Crippen LogP contribution in [0.3, 0.4) is 0 Å². The van der Waals surface area contributed by atoms with E-state index in [0.717, 1.165) is 24.4 Å². The van der Waals surface area contributed by atoms with Crippen LogP contribution in [0.1, 0.15) is 5.56 Å². The predicted molar refractivity (Wildman–Crippen MR) is 66.1 cm³/mol. The second kappa shape index (κ2) is 4.93. The number of rotatable bonds is 3. The van der Waals surface area contributed by atoms with Gasteiger partial charge in [-0.3, -0.25) is 9.71 Å². The first-order valence-corrected chi connectivity index (χ1v) is 6.76. The van der Waals surface area contributed by atoms with E-state index in [-0.39, 0.29) is 16.1 Å². The first-order chi connectivity index (χ1) is 8.88. The third kappa shape index (κ3) is 3.05. The Morgan fingerprint density at radius 3 is 2.53 bits per heavy atom. The first kappa shape index (κ1) is 13.4. The predicted octanol–water partition coefficient (Wildman–Crippen LogP) is 2.47. The van der Waals surface area contributed by atoms with E-state index >= 15 is 0 Å². The van der Waals surface area contributed by atoms with Gasteiger partial charge in [0.15, 0.2) is 0 Å². The number of aryl methyl sites for hydroxylation is 1. The lowest BCUT2D eigenvalue weighted by Gasteiger charge is -2.08. The Hall–Kier alpha value is -2.02. The van der Waals surface area contributed by atoms with Gasteiger partial charge in [0.05, 0.1) is 23.0 Å². The molecule has 0 atom stereocenters. The summed E-state index contributed by atoms with van der Waals surface area (Å²) in [6, 6.07) is 4.40. The van der Waals surface area contributed by atoms with Gasteiger partial charge in [-0.15, -0.1) is 0 Å². The minimum Gasteiger partial charge on any atom is -0.278 e. The molecule has 19 heavy (non-hydrogen) atoms. The fraction of sp³-hybridized carbons (Fsp3) is 0.0833. The van der Waals surface area contributed by atoms with Crippen molar-refractivity contribution in [3.63, 3.8) is 0 Å². The minimum atomic E-state index is -3.89. The average Bonchev–Trinajstić information content (AvgIpc) is 2.32. The molecule has 0 fully saturated rings. The Morgan fingerprint density at radius 1 is 1.16 bits per heavy atom. The number of halogens is 2. The van der Waals surface area contributed by atoms with Gasteiger partial charge in [0.2, 0.25) is 0 Å². The second-order valence-electron chi connectivity index (χ2n) is 3.91. The Morgan fingerprint density at radius 2 is 1.89 bits per heavy atom. The van der Waals surface area contributed by atoms with Crippen LogP contribution < -0.4 is 4.72 Å². The van der Waals surface area contributed by atoms with Crippen molar-refractivity contribution in [1.29, 1.82) is 0 Å². The molecule has 0 saturated carbocycles. The minimum absolute atomic E-state index is 0.00183. The summed E-state index contributed by atoms with van der Waals surface area (Å²) in [5, 5.41) is 0. The molecule has 1 heterocycles. The van der Waals surface area contributed by atoms with Gasteiger partial charge < -0.3 is 0 Å². The van der Waals surface area contributed by atoms with Crippen LogP contribution in [0.25, 0.3) is 0 Å². The van der Waals surface area contributed by atoms with Gasteiger partial charge in [0.1, 0.15) is 11.6 Å². The summed E-state index contributed by atoms with van der Waals surface area (Å²) in [5.74, 6) is -1.15. The molecule has 1 N–H and O–H groups in total. The highest BCUT2D eigenvalue weighted by molar-refractivity contribution is 7.92. The standard InChI is InChI=1S/C12H10F2N2O2S/c1-8-4-11(2-3-12(8)14)19(17,18)16-10-5-9(13)6-15-7-10/h2-7,16H,1H3. The van der Waals surface area contributed by atoms with Gasteiger partial charge in [-0.05, 0) is 30.7 Å². The van der Waals surface area contributed by atoms with Crippen LogP contribution in [0.5, 0.6) is 0 Å². The normalized spacial score (nSPS) is 11.3. The van der Waals surface area contributed by atoms with Gasteiger partial charge in [-0.1, -0.05) is 0 Å². The summed E-state index contributed by atoms with van der Waals surface area (Å²) in [6.45, 7) is 1.46. The molecule has 1 aromatic heterocycles. The smallest absolute Gasteiger partial charge is 0.261 e. The molecule has 2 rings (SSSR count). The van der Waals surface area contributed by atoms with Crippen LogP contribution in [0.4, 0.5) is 14.5 Å². The molecule has 0 spiro atoms. The van der Waals surface area contributed by atoms with Crippen molar-refractivity contribution in [3.8, 4) is 0 Å². The Labute approximate surface area is 109 Å². The van der Waals surface area contributed by atoms with E-state index in [0.29, 0.717) is 0 Å². The Balaban J connectivity index is 2.35. The average molecular weight is 284 g/mol. The number of anilines is 1. The molecule has 0 saturated heterocycles. The molecule has 0 aliphatic rings. The zero-order chi connectivity index (χ0) is 14.0. The summed E-state index contributed by atoms with van der Waals surface area (Å²) < 4.78 is 52.2. The summed E-state index contributed by atoms with van der Waals surface area (Å²) in [7, 11) is -3.89. The molecular formula is C12H10F2N2O2S. The van der Waals surface area contributed by atoms with Crippen molar-refractivity contribution >= 4 is 15.7 Å². The topological polar surface area (TPSA) is 59.1 Å². The van der Waals surface area contributed by atoms with Gasteiger partial charge in [0, 0.05) is 6.07 Å². The van der Waals surface area contributed by atoms with Crippen LogP contribution in [-0.4, -0.2) is 13.4 Å². The number of sulfonamides is 1. The quantitative estimate of drug-likeness (QED) is 0.942. The van der Waals surface area contributed by atoms with Crippen molar-refractivity contribution in [2.75, 3.05) is 4.72 Å². The Bertz CT molecular complexity index is 717. The highest BCUT2D eigenvalue weighted by atomic mass is 32.2. The van der Waals surface area contributed by atoms with Crippen molar-refractivity contribution in [2.45, 2.75) is 11.8 Å². The van der Waals surface area contributed by atoms with Gasteiger partial charge in [-0.25, -0.2) is 17.2 Å². The van der Waals surface area contributed by atoms with Crippen molar-refractivity contribution in [1.82, 2.24) is 4.98 Å². The number of aromatic nitrogens is 1. The molecule has 0 bridgehead atoms. The summed E-state index contributed by atoms with van der Waals surface area (Å²) in [6.07, 6.45) is 2.14. The summed E-state index contributed by atoms with van der Waals surface area (Å²) >= 11 is 0. The molecule has 0 amide bonds. The molecule has 0 aliphatic heterocycles. The number of pyridine rings is 1. The number of benzene rings is 1. The third-order valence-electron chi connectivity index (χ3n) is 2.40. The first-order valence-electron chi connectivity index (χ1n) is 5.28. The highest BCUT2D eigenvalue weighted by Crippen LogP contribution is 2.18. The van der Waals surface area contributed by atoms with E-state index < -0.39 is 21.7 Å². The maximum Gasteiger partial charge on any atom is 0.261 e. The van der Waals surface area contributed by atoms with Gasteiger partial charge >= 0.3 is 0 Å². The van der Waals surface area contributed by atoms with E-state index in [1.807, 2.05) is 0 Å². The van der Waals surface area contributed by atoms with E-state index in [4.69, 9.17) is 0 Å². The molecule has 0 aliphatic carbocycles. The lowest BCUT2D eigenvalue weighted by atomic mass is 10.2. The van der Waals surface area contributed by atoms with Gasteiger partial charge in [-0.2, -0.15) is 0 Å². The van der Waals surface area contributed by atoms with Crippen LogP contribution in [-0.2, 0) is 10.0 Å². The van der Waals surface area contributed by atoms with Crippen LogP contribution in [0.15, 0.2) is 41.6 Å². The summed E-state index contributed by atoms with van der Waals surface area (Å²) in [5.41, 5.74) is 0.210. The van der Waals surface area contributed by atoms with Crippen molar-refractivity contribution < 1.29 is 17.2 Å². The van der Waals surface area contributed by atoms with E-state index in [2.05, 4.69) is 9.71 Å². The lowest BCUT2D eigenvalue weighted by Crippen LogP contribution is -2.13. The molecule has 4 nitrogen and oxygen atoms in total. The monoisotopic (exact) mass is 284 g/mol. The largest absolute Gasteiger partial charge is 0.278 e. The molecule has 0 unspecified atom stereocenters. The van der Waals surface area contributed by atoms with Crippen LogP contribution >= 0.6 is 0 Å². The highest BCUT2D eigenvalue weighted by Gasteiger charge is 2.15. The fourth-order valence-electron chi connectivity index (χ4n) is 1.47. The number of hydrogen-bond acceptors (Lipinski definition) is 3. The second-order valence-corrected chi connectivity index (χ2v) is 5.59. The van der Waals surface area contributed by atoms with E-state index in [1.165, 1.54) is 19.2 Å². The zero-order valence-electron chi connectivity index (χ0n) is 9.89. The SMILES string of the molecule is Cc1cc(S(=O)(=O)Nc2cncc(F)c2)ccc1F. The third-order valence-corrected chi connectivity index (χ3v) is 3.78. The van der Waals surface area contributed by atoms with Crippen LogP contribution in [0, 0.1) is 18.6 Å². The zero-order valence-corrected chi connectivity index (χ0v) is 10.7. The Kier molecular flexibility index (Phi) is 3.48. The number of nitrogens with zero attached hydrogens (tertiary/aromatic N) is 1. The molecule has 100 valence electrons. The van der Waals surface area contributed by atoms with E-state index in [9.17, 15) is 17.2 Å².